The molecule has 0 spiro atoms. The average molecular weight is 412 g/mol. The van der Waals surface area contributed by atoms with Crippen LogP contribution in [0.1, 0.15) is 5.56 Å². The molecule has 1 aromatic carbocycles. The number of hydrogen-bond acceptors (Lipinski definition) is 3. The summed E-state index contributed by atoms with van der Waals surface area (Å²) in [4.78, 5) is 3.81. The first-order valence-electron chi connectivity index (χ1n) is 6.59. The summed E-state index contributed by atoms with van der Waals surface area (Å²) in [5, 5.41) is 0. The lowest BCUT2D eigenvalue weighted by Crippen LogP contribution is -2.41. The Balaban J connectivity index is 1.97. The smallest absolute Gasteiger partial charge is 0.456 e. The van der Waals surface area contributed by atoms with Crippen molar-refractivity contribution in [2.45, 2.75) is 18.7 Å². The zero-order chi connectivity index (χ0) is 17.8. The van der Waals surface area contributed by atoms with E-state index in [1.54, 1.807) is 0 Å². The molecule has 1 aromatic heterocycles. The summed E-state index contributed by atoms with van der Waals surface area (Å²) >= 11 is 3.02. The number of alkyl halides is 5. The molecular formula is C15H11BrF5NO2. The first kappa shape index (κ1) is 18.4. The molecule has 0 aliphatic heterocycles. The normalized spacial score (nSPS) is 12.1. The largest absolute Gasteiger partial charge is 0.484 e. The minimum Gasteiger partial charge on any atom is -0.484 e. The first-order chi connectivity index (χ1) is 11.2. The Hall–Kier alpha value is -1.90. The van der Waals surface area contributed by atoms with Crippen LogP contribution >= 0.6 is 15.9 Å². The third kappa shape index (κ3) is 4.80. The van der Waals surface area contributed by atoms with Crippen molar-refractivity contribution in [3.63, 3.8) is 0 Å². The van der Waals surface area contributed by atoms with Gasteiger partial charge in [-0.1, -0.05) is 30.3 Å². The summed E-state index contributed by atoms with van der Waals surface area (Å²) in [7, 11) is 0. The number of nitrogens with zero attached hydrogens (tertiary/aromatic N) is 1. The molecule has 0 aliphatic rings. The number of hydrogen-bond donors (Lipinski definition) is 0. The van der Waals surface area contributed by atoms with Gasteiger partial charge in [0.25, 0.3) is 0 Å². The third-order valence-electron chi connectivity index (χ3n) is 2.85. The highest BCUT2D eigenvalue weighted by Crippen LogP contribution is 2.36. The zero-order valence-corrected chi connectivity index (χ0v) is 13.6. The summed E-state index contributed by atoms with van der Waals surface area (Å²) in [6.45, 7) is -1.60. The van der Waals surface area contributed by atoms with Crippen LogP contribution in [0, 0.1) is 0 Å². The van der Waals surface area contributed by atoms with Crippen molar-refractivity contribution in [1.29, 1.82) is 0 Å². The molecular weight excluding hydrogens is 401 g/mol. The van der Waals surface area contributed by atoms with Crippen molar-refractivity contribution in [3.8, 4) is 11.6 Å². The van der Waals surface area contributed by atoms with Gasteiger partial charge < -0.3 is 9.47 Å². The van der Waals surface area contributed by atoms with Crippen LogP contribution in [0.2, 0.25) is 0 Å². The van der Waals surface area contributed by atoms with E-state index in [9.17, 15) is 22.0 Å². The van der Waals surface area contributed by atoms with Crippen LogP contribution in [-0.4, -0.2) is 23.7 Å². The number of ether oxygens (including phenoxy) is 2. The summed E-state index contributed by atoms with van der Waals surface area (Å²) in [6, 6.07) is 10.5. The Kier molecular flexibility index (Phi) is 5.63. The van der Waals surface area contributed by atoms with E-state index in [2.05, 4.69) is 25.7 Å². The maximum Gasteiger partial charge on any atom is 0.456 e. The molecule has 0 saturated heterocycles. The molecule has 9 heteroatoms. The van der Waals surface area contributed by atoms with E-state index in [0.717, 1.165) is 11.8 Å². The topological polar surface area (TPSA) is 31.4 Å². The van der Waals surface area contributed by atoms with Crippen LogP contribution in [0.4, 0.5) is 22.0 Å². The van der Waals surface area contributed by atoms with Crippen LogP contribution in [0.15, 0.2) is 47.1 Å². The molecule has 0 bridgehead atoms. The fourth-order valence-corrected chi connectivity index (χ4v) is 1.98. The van der Waals surface area contributed by atoms with Crippen LogP contribution in [0.25, 0.3) is 0 Å². The average Bonchev–Trinajstić information content (AvgIpc) is 2.52. The van der Waals surface area contributed by atoms with E-state index in [1.807, 2.05) is 30.3 Å². The second-order valence-corrected chi connectivity index (χ2v) is 5.57. The van der Waals surface area contributed by atoms with E-state index in [0.29, 0.717) is 0 Å². The molecule has 0 atom stereocenters. The van der Waals surface area contributed by atoms with Crippen molar-refractivity contribution in [2.24, 2.45) is 0 Å². The van der Waals surface area contributed by atoms with Gasteiger partial charge in [-0.05, 0) is 21.5 Å². The van der Waals surface area contributed by atoms with Gasteiger partial charge in [-0.3, -0.25) is 0 Å². The fraction of sp³-hybridized carbons (Fsp3) is 0.267. The van der Waals surface area contributed by atoms with E-state index in [-0.39, 0.29) is 22.7 Å². The predicted octanol–water partition coefficient (Wildman–Crippen LogP) is 5.00. The Bertz CT molecular complexity index is 679. The molecule has 0 unspecified atom stereocenters. The molecule has 2 aromatic rings. The molecule has 1 heterocycles. The summed E-state index contributed by atoms with van der Waals surface area (Å²) in [5.74, 6) is -5.03. The molecule has 0 fully saturated rings. The van der Waals surface area contributed by atoms with Crippen LogP contribution < -0.4 is 9.47 Å². The van der Waals surface area contributed by atoms with Gasteiger partial charge in [0.1, 0.15) is 6.61 Å². The Morgan fingerprint density at radius 1 is 1.00 bits per heavy atom. The summed E-state index contributed by atoms with van der Waals surface area (Å²) in [6.07, 6.45) is -4.66. The van der Waals surface area contributed by atoms with E-state index in [1.165, 1.54) is 6.07 Å². The zero-order valence-electron chi connectivity index (χ0n) is 12.0. The molecule has 0 aliphatic carbocycles. The van der Waals surface area contributed by atoms with E-state index < -0.39 is 18.7 Å². The number of pyridine rings is 1. The van der Waals surface area contributed by atoms with E-state index in [4.69, 9.17) is 4.74 Å². The third-order valence-corrected chi connectivity index (χ3v) is 3.47. The molecule has 0 radical (unpaired) electrons. The van der Waals surface area contributed by atoms with Gasteiger partial charge >= 0.3 is 12.1 Å². The number of rotatable bonds is 6. The molecule has 2 rings (SSSR count). The van der Waals surface area contributed by atoms with Crippen molar-refractivity contribution in [1.82, 2.24) is 4.98 Å². The molecule has 24 heavy (non-hydrogen) atoms. The van der Waals surface area contributed by atoms with Gasteiger partial charge in [0.15, 0.2) is 12.4 Å². The minimum atomic E-state index is -5.67. The highest BCUT2D eigenvalue weighted by atomic mass is 79.9. The lowest BCUT2D eigenvalue weighted by atomic mass is 10.2. The number of halogens is 6. The summed E-state index contributed by atoms with van der Waals surface area (Å²) < 4.78 is 72.0. The van der Waals surface area contributed by atoms with E-state index >= 15 is 0 Å². The van der Waals surface area contributed by atoms with Crippen molar-refractivity contribution in [3.05, 3.63) is 52.6 Å². The van der Waals surface area contributed by atoms with Crippen molar-refractivity contribution in [2.75, 3.05) is 6.61 Å². The highest BCUT2D eigenvalue weighted by molar-refractivity contribution is 9.10. The Morgan fingerprint density at radius 3 is 2.25 bits per heavy atom. The standard InChI is InChI=1S/C15H11BrF5NO2/c16-11-6-13(23-8-10-4-2-1-3-5-10)22-7-12(11)24-9-14(17,18)15(19,20)21/h1-7H,8-9H2. The second-order valence-electron chi connectivity index (χ2n) is 4.72. The minimum absolute atomic E-state index is 0.151. The van der Waals surface area contributed by atoms with Gasteiger partial charge in [0.05, 0.1) is 10.7 Å². The molecule has 0 saturated carbocycles. The molecule has 130 valence electrons. The van der Waals surface area contributed by atoms with Crippen LogP contribution in [0.5, 0.6) is 11.6 Å². The summed E-state index contributed by atoms with van der Waals surface area (Å²) in [5.41, 5.74) is 0.889. The fourth-order valence-electron chi connectivity index (χ4n) is 1.57. The first-order valence-corrected chi connectivity index (χ1v) is 7.38. The van der Waals surface area contributed by atoms with Crippen molar-refractivity contribution < 1.29 is 31.4 Å². The number of aromatic nitrogens is 1. The van der Waals surface area contributed by atoms with Gasteiger partial charge in [-0.25, -0.2) is 4.98 Å². The lowest BCUT2D eigenvalue weighted by Gasteiger charge is -2.20. The molecule has 0 N–H and O–H groups in total. The predicted molar refractivity (Wildman–Crippen MR) is 79.2 cm³/mol. The Morgan fingerprint density at radius 2 is 1.67 bits per heavy atom. The van der Waals surface area contributed by atoms with Gasteiger partial charge in [-0.2, -0.15) is 22.0 Å². The monoisotopic (exact) mass is 411 g/mol. The SMILES string of the molecule is FC(F)(F)C(F)(F)COc1cnc(OCc2ccccc2)cc1Br. The van der Waals surface area contributed by atoms with Gasteiger partial charge in [0.2, 0.25) is 5.88 Å². The van der Waals surface area contributed by atoms with Crippen LogP contribution in [-0.2, 0) is 6.61 Å². The lowest BCUT2D eigenvalue weighted by molar-refractivity contribution is -0.290. The van der Waals surface area contributed by atoms with Gasteiger partial charge in [0, 0.05) is 6.07 Å². The maximum atomic E-state index is 12.8. The second kappa shape index (κ2) is 7.33. The quantitative estimate of drug-likeness (QED) is 0.626. The Labute approximate surface area is 142 Å². The molecule has 3 nitrogen and oxygen atoms in total. The molecule has 0 amide bonds. The van der Waals surface area contributed by atoms with Gasteiger partial charge in [-0.15, -0.1) is 0 Å². The number of benzene rings is 1. The highest BCUT2D eigenvalue weighted by Gasteiger charge is 2.58. The van der Waals surface area contributed by atoms with Crippen molar-refractivity contribution >= 4 is 15.9 Å². The maximum absolute atomic E-state index is 12.8. The van der Waals surface area contributed by atoms with Crippen LogP contribution in [0.3, 0.4) is 0 Å².